The monoisotopic (exact) mass is 200 g/mol. The zero-order valence-corrected chi connectivity index (χ0v) is 10.2. The molecule has 0 fully saturated rings. The molecule has 0 aromatic heterocycles. The van der Waals surface area contributed by atoms with E-state index in [1.54, 1.807) is 0 Å². The highest BCUT2D eigenvalue weighted by atomic mass is 16.2. The van der Waals surface area contributed by atoms with E-state index < -0.39 is 0 Å². The number of carbonyl (C=O) groups excluding carboxylic acids is 1. The lowest BCUT2D eigenvalue weighted by molar-refractivity contribution is -0.129. The molecule has 0 aliphatic heterocycles. The molecule has 14 heavy (non-hydrogen) atoms. The summed E-state index contributed by atoms with van der Waals surface area (Å²) >= 11 is 0. The van der Waals surface area contributed by atoms with Gasteiger partial charge in [0.15, 0.2) is 0 Å². The van der Waals surface area contributed by atoms with Crippen LogP contribution in [0, 0.1) is 0 Å². The molecule has 0 aliphatic rings. The van der Waals surface area contributed by atoms with Gasteiger partial charge in [-0.05, 0) is 26.9 Å². The van der Waals surface area contributed by atoms with E-state index in [2.05, 4.69) is 25.8 Å². The molecule has 0 aromatic carbocycles. The number of rotatable bonds is 6. The van der Waals surface area contributed by atoms with Gasteiger partial charge < -0.3 is 9.80 Å². The molecule has 1 amide bonds. The van der Waals surface area contributed by atoms with Crippen LogP contribution in [0.4, 0.5) is 0 Å². The Morgan fingerprint density at radius 1 is 1.29 bits per heavy atom. The summed E-state index contributed by atoms with van der Waals surface area (Å²) in [5.74, 6) is 0.233. The lowest BCUT2D eigenvalue weighted by atomic mass is 10.2. The highest BCUT2D eigenvalue weighted by Gasteiger charge is 2.10. The van der Waals surface area contributed by atoms with Gasteiger partial charge in [-0.1, -0.05) is 13.8 Å². The Kier molecular flexibility index (Phi) is 6.54. The largest absolute Gasteiger partial charge is 0.346 e. The van der Waals surface area contributed by atoms with Crippen molar-refractivity contribution in [2.75, 3.05) is 27.2 Å². The molecule has 3 heteroatoms. The molecule has 0 spiro atoms. The van der Waals surface area contributed by atoms with E-state index in [4.69, 9.17) is 0 Å². The molecule has 0 saturated heterocycles. The molecule has 0 bridgehead atoms. The van der Waals surface area contributed by atoms with Gasteiger partial charge in [0.05, 0.1) is 0 Å². The maximum atomic E-state index is 11.3. The molecule has 0 aromatic rings. The summed E-state index contributed by atoms with van der Waals surface area (Å²) in [5, 5.41) is 0. The third-order valence-corrected chi connectivity index (χ3v) is 2.86. The zero-order chi connectivity index (χ0) is 11.1. The van der Waals surface area contributed by atoms with Crippen molar-refractivity contribution in [3.8, 4) is 0 Å². The van der Waals surface area contributed by atoms with Crippen LogP contribution in [-0.2, 0) is 4.79 Å². The predicted octanol–water partition coefficient (Wildman–Crippen LogP) is 1.59. The van der Waals surface area contributed by atoms with Crippen LogP contribution in [0.15, 0.2) is 0 Å². The summed E-state index contributed by atoms with van der Waals surface area (Å²) < 4.78 is 0. The van der Waals surface area contributed by atoms with Crippen LogP contribution in [0.3, 0.4) is 0 Å². The molecule has 0 rings (SSSR count). The summed E-state index contributed by atoms with van der Waals surface area (Å²) in [6.07, 6.45) is 1.65. The first-order valence-electron chi connectivity index (χ1n) is 5.47. The van der Waals surface area contributed by atoms with Crippen molar-refractivity contribution in [3.63, 3.8) is 0 Å². The van der Waals surface area contributed by atoms with Crippen molar-refractivity contribution in [1.82, 2.24) is 9.80 Å². The second kappa shape index (κ2) is 6.82. The zero-order valence-electron chi connectivity index (χ0n) is 10.2. The Bertz CT molecular complexity index is 171. The second-order valence-electron chi connectivity index (χ2n) is 3.88. The number of amides is 1. The fourth-order valence-corrected chi connectivity index (χ4v) is 1.31. The maximum absolute atomic E-state index is 11.3. The van der Waals surface area contributed by atoms with E-state index >= 15 is 0 Å². The lowest BCUT2D eigenvalue weighted by Gasteiger charge is -2.25. The highest BCUT2D eigenvalue weighted by molar-refractivity contribution is 5.75. The Labute approximate surface area is 88.1 Å². The second-order valence-corrected chi connectivity index (χ2v) is 3.88. The Hall–Kier alpha value is -0.570. The summed E-state index contributed by atoms with van der Waals surface area (Å²) in [4.78, 5) is 15.4. The van der Waals surface area contributed by atoms with Crippen LogP contribution in [0.5, 0.6) is 0 Å². The standard InChI is InChI=1S/C11H24N2O/c1-6-11(14)13(5)9-8-10(3)12(4)7-2/h10H,6-9H2,1-5H3. The molecule has 0 N–H and O–H groups in total. The Morgan fingerprint density at radius 3 is 2.29 bits per heavy atom. The van der Waals surface area contributed by atoms with Crippen LogP contribution in [0.1, 0.15) is 33.6 Å². The topological polar surface area (TPSA) is 23.6 Å². The fourth-order valence-electron chi connectivity index (χ4n) is 1.31. The first-order valence-corrected chi connectivity index (χ1v) is 5.47. The van der Waals surface area contributed by atoms with Crippen LogP contribution < -0.4 is 0 Å². The minimum absolute atomic E-state index is 0.233. The molecule has 1 atom stereocenters. The number of nitrogens with zero attached hydrogens (tertiary/aromatic N) is 2. The van der Waals surface area contributed by atoms with Crippen LogP contribution >= 0.6 is 0 Å². The van der Waals surface area contributed by atoms with Crippen molar-refractivity contribution in [3.05, 3.63) is 0 Å². The maximum Gasteiger partial charge on any atom is 0.222 e. The van der Waals surface area contributed by atoms with E-state index in [0.717, 1.165) is 19.5 Å². The number of carbonyl (C=O) groups is 1. The van der Waals surface area contributed by atoms with Crippen LogP contribution in [0.25, 0.3) is 0 Å². The Balaban J connectivity index is 3.76. The summed E-state index contributed by atoms with van der Waals surface area (Å²) in [5.41, 5.74) is 0. The van der Waals surface area contributed by atoms with Gasteiger partial charge in [-0.15, -0.1) is 0 Å². The summed E-state index contributed by atoms with van der Waals surface area (Å²) in [7, 11) is 4.00. The predicted molar refractivity (Wildman–Crippen MR) is 60.3 cm³/mol. The van der Waals surface area contributed by atoms with Gasteiger partial charge >= 0.3 is 0 Å². The molecule has 1 unspecified atom stereocenters. The van der Waals surface area contributed by atoms with Crippen LogP contribution in [-0.4, -0.2) is 48.9 Å². The number of hydrogen-bond acceptors (Lipinski definition) is 2. The highest BCUT2D eigenvalue weighted by Crippen LogP contribution is 2.02. The van der Waals surface area contributed by atoms with Gasteiger partial charge in [-0.25, -0.2) is 0 Å². The van der Waals surface area contributed by atoms with Crippen molar-refractivity contribution in [2.45, 2.75) is 39.7 Å². The smallest absolute Gasteiger partial charge is 0.222 e. The average Bonchev–Trinajstić information content (AvgIpc) is 2.22. The molecular weight excluding hydrogens is 176 g/mol. The molecule has 3 nitrogen and oxygen atoms in total. The molecular formula is C11H24N2O. The third kappa shape index (κ3) is 4.61. The van der Waals surface area contributed by atoms with E-state index in [9.17, 15) is 4.79 Å². The quantitative estimate of drug-likeness (QED) is 0.650. The van der Waals surface area contributed by atoms with E-state index in [0.29, 0.717) is 12.5 Å². The SMILES string of the molecule is CCC(=O)N(C)CCC(C)N(C)CC. The Morgan fingerprint density at radius 2 is 1.86 bits per heavy atom. The van der Waals surface area contributed by atoms with Gasteiger partial charge in [0.25, 0.3) is 0 Å². The van der Waals surface area contributed by atoms with Crippen molar-refractivity contribution < 1.29 is 4.79 Å². The number of hydrogen-bond donors (Lipinski definition) is 0. The van der Waals surface area contributed by atoms with Gasteiger partial charge in [0.2, 0.25) is 5.91 Å². The molecule has 0 radical (unpaired) electrons. The minimum atomic E-state index is 0.233. The van der Waals surface area contributed by atoms with E-state index in [1.165, 1.54) is 0 Å². The first kappa shape index (κ1) is 13.4. The fraction of sp³-hybridized carbons (Fsp3) is 0.909. The molecule has 84 valence electrons. The third-order valence-electron chi connectivity index (χ3n) is 2.86. The van der Waals surface area contributed by atoms with Crippen molar-refractivity contribution in [2.24, 2.45) is 0 Å². The van der Waals surface area contributed by atoms with Gasteiger partial charge in [0.1, 0.15) is 0 Å². The van der Waals surface area contributed by atoms with Gasteiger partial charge in [-0.3, -0.25) is 4.79 Å². The van der Waals surface area contributed by atoms with Crippen LogP contribution in [0.2, 0.25) is 0 Å². The molecule has 0 aliphatic carbocycles. The minimum Gasteiger partial charge on any atom is -0.346 e. The first-order chi connectivity index (χ1) is 6.52. The summed E-state index contributed by atoms with van der Waals surface area (Å²) in [6.45, 7) is 8.18. The van der Waals surface area contributed by atoms with Crippen molar-refractivity contribution >= 4 is 5.91 Å². The normalized spacial score (nSPS) is 13.0. The van der Waals surface area contributed by atoms with E-state index in [-0.39, 0.29) is 5.91 Å². The van der Waals surface area contributed by atoms with Crippen molar-refractivity contribution in [1.29, 1.82) is 0 Å². The lowest BCUT2D eigenvalue weighted by Crippen LogP contribution is -2.34. The van der Waals surface area contributed by atoms with E-state index in [1.807, 2.05) is 18.9 Å². The molecule has 0 heterocycles. The van der Waals surface area contributed by atoms with Gasteiger partial charge in [-0.2, -0.15) is 0 Å². The van der Waals surface area contributed by atoms with Gasteiger partial charge in [0, 0.05) is 26.1 Å². The average molecular weight is 200 g/mol. The molecule has 0 saturated carbocycles. The summed E-state index contributed by atoms with van der Waals surface area (Å²) in [6, 6.07) is 0.548.